The average molecular weight is 866 g/mol. The van der Waals surface area contributed by atoms with Gasteiger partial charge in [-0.25, -0.2) is 13.9 Å². The molecule has 0 radical (unpaired) electrons. The maximum atomic E-state index is 14.7. The van der Waals surface area contributed by atoms with Crippen molar-refractivity contribution in [3.05, 3.63) is 114 Å². The van der Waals surface area contributed by atoms with Crippen molar-refractivity contribution < 1.29 is 13.3 Å². The lowest BCUT2D eigenvalue weighted by molar-refractivity contribution is -0.763. The molecule has 1 heterocycles. The number of benzene rings is 1. The first-order valence-corrected chi connectivity index (χ1v) is 24.8. The van der Waals surface area contributed by atoms with Crippen LogP contribution in [0.4, 0.5) is 8.78 Å². The summed E-state index contributed by atoms with van der Waals surface area (Å²) in [5.74, 6) is 3.70. The molecule has 3 unspecified atom stereocenters. The molecule has 1 aromatic rings. The van der Waals surface area contributed by atoms with Crippen LogP contribution in [0.3, 0.4) is 0 Å². The standard InChI is InChI=1S/C33H44FN2.C7H16.C6H12.C5H10.3C2H6.CH3F/c1-12-18-33(15-4,23(5)6)29-17-16-28(19-26(29)10)25(9)20-31-27(11)21-36(22-35-31,24(7)8)32(14-3)30(34)13-2;1-4-6-7(3)5-2;1-5-3-6(2)4-5;1-5-3-2-4-5;4*1-2/h13-14,16-17,19-22,24H,2-3,5,9,12,15,18H2,1,4,6-8,10-11H3;7H,4-6H2,1-3H3;5-6H,3-4H2,1-2H3;5H,2-4H2,1H3;3*1-2H3;1H3/q+1;;;;;;;/b31-20+,32-30-;;;;;;;. The number of alkyl halides is 1. The highest BCUT2D eigenvalue weighted by molar-refractivity contribution is 5.75. The van der Waals surface area contributed by atoms with Crippen LogP contribution >= 0.6 is 0 Å². The molecular formula is C58H103F2N2+. The smallest absolute Gasteiger partial charge is 0.200 e. The molecule has 2 nitrogen and oxygen atoms in total. The van der Waals surface area contributed by atoms with E-state index in [9.17, 15) is 8.78 Å². The fraction of sp³-hybridized carbons (Fsp3) is 0.638. The summed E-state index contributed by atoms with van der Waals surface area (Å²) in [6.45, 7) is 56.8. The van der Waals surface area contributed by atoms with Crippen molar-refractivity contribution in [1.82, 2.24) is 0 Å². The second kappa shape index (κ2) is 37.3. The van der Waals surface area contributed by atoms with Gasteiger partial charge in [0.15, 0.2) is 11.5 Å². The van der Waals surface area contributed by atoms with Gasteiger partial charge >= 0.3 is 0 Å². The lowest BCUT2D eigenvalue weighted by Gasteiger charge is -2.37. The predicted octanol–water partition coefficient (Wildman–Crippen LogP) is 20.0. The van der Waals surface area contributed by atoms with E-state index in [0.717, 1.165) is 65.3 Å². The molecule has 358 valence electrons. The lowest BCUT2D eigenvalue weighted by Crippen LogP contribution is -2.47. The van der Waals surface area contributed by atoms with Crippen LogP contribution in [0, 0.1) is 30.6 Å². The number of halogens is 2. The van der Waals surface area contributed by atoms with Crippen LogP contribution in [0.2, 0.25) is 0 Å². The minimum absolute atomic E-state index is 0.000661. The van der Waals surface area contributed by atoms with E-state index in [1.54, 1.807) is 12.4 Å². The van der Waals surface area contributed by atoms with Gasteiger partial charge in [0, 0.05) is 11.0 Å². The average Bonchev–Trinajstić information content (AvgIpc) is 3.26. The Kier molecular flexibility index (Phi) is 39.4. The van der Waals surface area contributed by atoms with E-state index in [1.165, 1.54) is 74.1 Å². The van der Waals surface area contributed by atoms with Crippen molar-refractivity contribution in [3.63, 3.8) is 0 Å². The quantitative estimate of drug-likeness (QED) is 0.100. The maximum absolute atomic E-state index is 14.7. The van der Waals surface area contributed by atoms with E-state index in [2.05, 4.69) is 114 Å². The topological polar surface area (TPSA) is 12.4 Å². The third kappa shape index (κ3) is 21.5. The molecule has 2 aliphatic carbocycles. The molecule has 62 heavy (non-hydrogen) atoms. The molecule has 0 bridgehead atoms. The Hall–Kier alpha value is -3.11. The highest BCUT2D eigenvalue weighted by Crippen LogP contribution is 2.42. The molecule has 3 aliphatic rings. The highest BCUT2D eigenvalue weighted by Gasteiger charge is 2.37. The summed E-state index contributed by atoms with van der Waals surface area (Å²) in [5, 5.41) is 0. The van der Waals surface area contributed by atoms with Gasteiger partial charge < -0.3 is 0 Å². The summed E-state index contributed by atoms with van der Waals surface area (Å²) in [6, 6.07) is 6.64. The van der Waals surface area contributed by atoms with E-state index in [0.29, 0.717) is 12.9 Å². The molecule has 4 heteroatoms. The molecule has 2 saturated carbocycles. The van der Waals surface area contributed by atoms with Crippen LogP contribution in [-0.2, 0) is 5.41 Å². The number of allylic oxidation sites excluding steroid dienone is 7. The second-order valence-corrected chi connectivity index (χ2v) is 17.2. The van der Waals surface area contributed by atoms with E-state index >= 15 is 0 Å². The Morgan fingerprint density at radius 3 is 1.65 bits per heavy atom. The van der Waals surface area contributed by atoms with Crippen molar-refractivity contribution >= 4 is 11.9 Å². The maximum Gasteiger partial charge on any atom is 0.200 e. The molecule has 0 aromatic heterocycles. The highest BCUT2D eigenvalue weighted by atomic mass is 19.1. The van der Waals surface area contributed by atoms with Gasteiger partial charge in [-0.1, -0.05) is 192 Å². The van der Waals surface area contributed by atoms with Crippen molar-refractivity contribution in [3.8, 4) is 0 Å². The zero-order chi connectivity index (χ0) is 49.2. The Balaban J connectivity index is -0.000000520. The van der Waals surface area contributed by atoms with Gasteiger partial charge in [-0.15, -0.1) is 0 Å². The normalized spacial score (nSPS) is 20.6. The van der Waals surface area contributed by atoms with Crippen LogP contribution in [0.25, 0.3) is 5.57 Å². The molecular weight excluding hydrogens is 763 g/mol. The molecule has 0 saturated heterocycles. The Morgan fingerprint density at radius 1 is 0.855 bits per heavy atom. The van der Waals surface area contributed by atoms with E-state index in [1.807, 2.05) is 74.6 Å². The summed E-state index contributed by atoms with van der Waals surface area (Å²) < 4.78 is 24.3. The van der Waals surface area contributed by atoms with E-state index in [-0.39, 0.29) is 15.9 Å². The van der Waals surface area contributed by atoms with Gasteiger partial charge in [-0.05, 0) is 124 Å². The number of hydrogen-bond donors (Lipinski definition) is 0. The van der Waals surface area contributed by atoms with Crippen molar-refractivity contribution in [2.45, 2.75) is 214 Å². The number of aryl methyl sites for hydroxylation is 1. The monoisotopic (exact) mass is 866 g/mol. The van der Waals surface area contributed by atoms with Gasteiger partial charge in [0.2, 0.25) is 6.34 Å². The van der Waals surface area contributed by atoms with E-state index in [4.69, 9.17) is 4.99 Å². The second-order valence-electron chi connectivity index (χ2n) is 17.2. The first kappa shape index (κ1) is 65.5. The molecule has 2 fully saturated rings. The predicted molar refractivity (Wildman–Crippen MR) is 282 cm³/mol. The first-order valence-electron chi connectivity index (χ1n) is 24.8. The fourth-order valence-electron chi connectivity index (χ4n) is 8.00. The number of rotatable bonds is 14. The van der Waals surface area contributed by atoms with Crippen molar-refractivity contribution in [2.24, 2.45) is 28.7 Å². The minimum Gasteiger partial charge on any atom is -0.255 e. The van der Waals surface area contributed by atoms with Crippen LogP contribution in [-0.4, -0.2) is 24.0 Å². The molecule has 1 aliphatic heterocycles. The van der Waals surface area contributed by atoms with Crippen molar-refractivity contribution in [1.29, 1.82) is 0 Å². The summed E-state index contributed by atoms with van der Waals surface area (Å²) in [7, 11) is 0.500. The number of quaternary nitrogens is 1. The minimum atomic E-state index is -0.400. The van der Waals surface area contributed by atoms with Crippen LogP contribution in [0.5, 0.6) is 0 Å². The SMILES string of the molecule is C=C/C(F)=C(\C=C)[N+]1(C(C)C)C=N/C(=C/C(=C)c2ccc(C(CC)(CCC)C(=C)C)c(C)c2)C(C)=C1.CC.CC.CC.CC1CC(C)C1.CC1CCC1.CCCC(C)CC.CF. The van der Waals surface area contributed by atoms with Crippen LogP contribution in [0.1, 0.15) is 212 Å². The molecule has 4 rings (SSSR count). The Bertz CT molecular complexity index is 1490. The Labute approximate surface area is 387 Å². The van der Waals surface area contributed by atoms with Crippen LogP contribution in [0.15, 0.2) is 102 Å². The molecule has 1 aromatic carbocycles. The zero-order valence-electron chi connectivity index (χ0n) is 44.8. The Morgan fingerprint density at radius 2 is 1.37 bits per heavy atom. The summed E-state index contributed by atoms with van der Waals surface area (Å²) >= 11 is 0. The van der Waals surface area contributed by atoms with Crippen molar-refractivity contribution in [2.75, 3.05) is 7.18 Å². The van der Waals surface area contributed by atoms with Gasteiger partial charge in [-0.2, -0.15) is 0 Å². The summed E-state index contributed by atoms with van der Waals surface area (Å²) in [4.78, 5) is 4.76. The van der Waals surface area contributed by atoms with Gasteiger partial charge in [0.25, 0.3) is 0 Å². The number of aliphatic imine (C=N–C) groups is 1. The third-order valence-electron chi connectivity index (χ3n) is 12.1. The number of hydrogen-bond acceptors (Lipinski definition) is 1. The fourth-order valence-corrected chi connectivity index (χ4v) is 8.00. The molecule has 0 amide bonds. The molecule has 0 spiro atoms. The summed E-state index contributed by atoms with van der Waals surface area (Å²) in [6.07, 6.45) is 23.3. The largest absolute Gasteiger partial charge is 0.255 e. The van der Waals surface area contributed by atoms with Gasteiger partial charge in [0.1, 0.15) is 6.20 Å². The van der Waals surface area contributed by atoms with Gasteiger partial charge in [-0.3, -0.25) is 4.39 Å². The van der Waals surface area contributed by atoms with E-state index < -0.39 is 5.83 Å². The van der Waals surface area contributed by atoms with Gasteiger partial charge in [0.05, 0.1) is 18.9 Å². The lowest BCUT2D eigenvalue weighted by atomic mass is 9.68. The molecule has 3 atom stereocenters. The zero-order valence-corrected chi connectivity index (χ0v) is 44.8. The molecule has 0 N–H and O–H groups in total. The van der Waals surface area contributed by atoms with Crippen LogP contribution < -0.4 is 0 Å². The number of nitrogens with zero attached hydrogens (tertiary/aromatic N) is 2. The third-order valence-corrected chi connectivity index (χ3v) is 12.1. The summed E-state index contributed by atoms with van der Waals surface area (Å²) in [5.41, 5.74) is 7.96. The first-order chi connectivity index (χ1) is 29.4.